The first-order valence-corrected chi connectivity index (χ1v) is 4.46. The molecule has 0 aliphatic carbocycles. The van der Waals surface area contributed by atoms with Gasteiger partial charge in [0.15, 0.2) is 6.10 Å². The van der Waals surface area contributed by atoms with Gasteiger partial charge in [0.2, 0.25) is 0 Å². The van der Waals surface area contributed by atoms with Gasteiger partial charge < -0.3 is 9.84 Å². The van der Waals surface area contributed by atoms with Gasteiger partial charge in [0, 0.05) is 4.47 Å². The van der Waals surface area contributed by atoms with Crippen LogP contribution in [0.15, 0.2) is 28.7 Å². The van der Waals surface area contributed by atoms with Crippen LogP contribution in [0.5, 0.6) is 0 Å². The van der Waals surface area contributed by atoms with E-state index in [1.807, 2.05) is 6.07 Å². The van der Waals surface area contributed by atoms with Crippen LogP contribution in [0.4, 0.5) is 0 Å². The summed E-state index contributed by atoms with van der Waals surface area (Å²) in [5, 5.41) is 9.42. The van der Waals surface area contributed by atoms with Gasteiger partial charge in [-0.05, 0) is 17.7 Å². The Morgan fingerprint density at radius 2 is 2.31 bits per heavy atom. The average Bonchev–Trinajstić information content (AvgIpc) is 2.15. The Hall–Kier alpha value is -0.870. The molecule has 1 N–H and O–H groups in total. The van der Waals surface area contributed by atoms with Crippen molar-refractivity contribution < 1.29 is 14.6 Å². The minimum Gasteiger partial charge on any atom is -0.467 e. The third-order valence-corrected chi connectivity index (χ3v) is 2.08. The lowest BCUT2D eigenvalue weighted by Gasteiger charge is -2.08. The highest BCUT2D eigenvalue weighted by molar-refractivity contribution is 9.10. The van der Waals surface area contributed by atoms with E-state index in [0.29, 0.717) is 5.56 Å². The topological polar surface area (TPSA) is 46.5 Å². The summed E-state index contributed by atoms with van der Waals surface area (Å²) in [5.74, 6) is -0.655. The van der Waals surface area contributed by atoms with Crippen molar-refractivity contribution in [2.75, 3.05) is 7.11 Å². The highest BCUT2D eigenvalue weighted by Crippen LogP contribution is 2.18. The van der Waals surface area contributed by atoms with Crippen LogP contribution in [0.2, 0.25) is 0 Å². The van der Waals surface area contributed by atoms with E-state index in [2.05, 4.69) is 20.7 Å². The summed E-state index contributed by atoms with van der Waals surface area (Å²) in [7, 11) is 1.24. The summed E-state index contributed by atoms with van der Waals surface area (Å²) < 4.78 is 5.21. The van der Waals surface area contributed by atoms with E-state index in [0.717, 1.165) is 4.47 Å². The second-order valence-corrected chi connectivity index (χ2v) is 3.40. The van der Waals surface area contributed by atoms with E-state index in [-0.39, 0.29) is 0 Å². The van der Waals surface area contributed by atoms with Gasteiger partial charge in [0.1, 0.15) is 0 Å². The minimum atomic E-state index is -1.21. The highest BCUT2D eigenvalue weighted by Gasteiger charge is 2.17. The van der Waals surface area contributed by atoms with Crippen molar-refractivity contribution in [1.82, 2.24) is 0 Å². The third kappa shape index (κ3) is 2.54. The monoisotopic (exact) mass is 244 g/mol. The molecule has 0 aromatic heterocycles. The fourth-order valence-electron chi connectivity index (χ4n) is 0.924. The number of carbonyl (C=O) groups excluding carboxylic acids is 1. The Morgan fingerprint density at radius 3 is 2.85 bits per heavy atom. The summed E-state index contributed by atoms with van der Waals surface area (Å²) in [6, 6.07) is 6.88. The van der Waals surface area contributed by atoms with E-state index >= 15 is 0 Å². The average molecular weight is 245 g/mol. The lowest BCUT2D eigenvalue weighted by Crippen LogP contribution is -2.13. The SMILES string of the molecule is COC(=O)[C@H](O)c1cccc(Br)c1. The van der Waals surface area contributed by atoms with Crippen LogP contribution in [0.1, 0.15) is 11.7 Å². The van der Waals surface area contributed by atoms with E-state index in [1.165, 1.54) is 7.11 Å². The van der Waals surface area contributed by atoms with Crippen molar-refractivity contribution in [2.45, 2.75) is 6.10 Å². The quantitative estimate of drug-likeness (QED) is 0.806. The highest BCUT2D eigenvalue weighted by atomic mass is 79.9. The molecule has 0 spiro atoms. The minimum absolute atomic E-state index is 0.515. The van der Waals surface area contributed by atoms with Crippen LogP contribution in [-0.4, -0.2) is 18.2 Å². The smallest absolute Gasteiger partial charge is 0.339 e. The number of halogens is 1. The molecule has 0 bridgehead atoms. The molecule has 70 valence electrons. The van der Waals surface area contributed by atoms with Crippen molar-refractivity contribution in [2.24, 2.45) is 0 Å². The number of carbonyl (C=O) groups is 1. The fourth-order valence-corrected chi connectivity index (χ4v) is 1.34. The lowest BCUT2D eigenvalue weighted by molar-refractivity contribution is -0.150. The van der Waals surface area contributed by atoms with Crippen molar-refractivity contribution in [3.05, 3.63) is 34.3 Å². The Bertz CT molecular complexity index is 311. The maximum Gasteiger partial charge on any atom is 0.339 e. The second-order valence-electron chi connectivity index (χ2n) is 2.48. The number of benzene rings is 1. The molecule has 4 heteroatoms. The van der Waals surface area contributed by atoms with E-state index in [9.17, 15) is 9.90 Å². The first-order valence-electron chi connectivity index (χ1n) is 3.66. The van der Waals surface area contributed by atoms with Crippen molar-refractivity contribution in [3.8, 4) is 0 Å². The summed E-state index contributed by atoms with van der Waals surface area (Å²) >= 11 is 3.24. The number of rotatable bonds is 2. The van der Waals surface area contributed by atoms with E-state index < -0.39 is 12.1 Å². The standard InChI is InChI=1S/C9H9BrO3/c1-13-9(12)8(11)6-3-2-4-7(10)5-6/h2-5,8,11H,1H3/t8-/m1/s1. The fraction of sp³-hybridized carbons (Fsp3) is 0.222. The molecule has 0 amide bonds. The molecule has 0 radical (unpaired) electrons. The third-order valence-electron chi connectivity index (χ3n) is 1.59. The molecule has 13 heavy (non-hydrogen) atoms. The molecule has 1 aromatic carbocycles. The van der Waals surface area contributed by atoms with Crippen LogP contribution in [0.3, 0.4) is 0 Å². The number of aliphatic hydroxyl groups is 1. The van der Waals surface area contributed by atoms with Crippen LogP contribution < -0.4 is 0 Å². The maximum absolute atomic E-state index is 10.9. The van der Waals surface area contributed by atoms with Gasteiger partial charge in [-0.1, -0.05) is 28.1 Å². The van der Waals surface area contributed by atoms with Gasteiger partial charge >= 0.3 is 5.97 Å². The number of aliphatic hydroxyl groups excluding tert-OH is 1. The number of hydrogen-bond donors (Lipinski definition) is 1. The van der Waals surface area contributed by atoms with Gasteiger partial charge in [-0.15, -0.1) is 0 Å². The van der Waals surface area contributed by atoms with Gasteiger partial charge in [0.05, 0.1) is 7.11 Å². The molecular formula is C9H9BrO3. The lowest BCUT2D eigenvalue weighted by atomic mass is 10.1. The molecule has 0 aliphatic rings. The summed E-state index contributed by atoms with van der Waals surface area (Å²) in [5.41, 5.74) is 0.515. The van der Waals surface area contributed by atoms with Crippen molar-refractivity contribution >= 4 is 21.9 Å². The van der Waals surface area contributed by atoms with Gasteiger partial charge in [-0.2, -0.15) is 0 Å². The van der Waals surface area contributed by atoms with Gasteiger partial charge in [-0.3, -0.25) is 0 Å². The molecule has 0 saturated heterocycles. The predicted molar refractivity (Wildman–Crippen MR) is 51.1 cm³/mol. The Morgan fingerprint density at radius 1 is 1.62 bits per heavy atom. The first kappa shape index (κ1) is 10.2. The van der Waals surface area contributed by atoms with Crippen molar-refractivity contribution in [3.63, 3.8) is 0 Å². The van der Waals surface area contributed by atoms with Crippen LogP contribution in [0, 0.1) is 0 Å². The van der Waals surface area contributed by atoms with Crippen LogP contribution in [-0.2, 0) is 9.53 Å². The second kappa shape index (κ2) is 4.39. The number of hydrogen-bond acceptors (Lipinski definition) is 3. The van der Waals surface area contributed by atoms with E-state index in [4.69, 9.17) is 0 Å². The molecule has 1 rings (SSSR count). The molecule has 1 aromatic rings. The Labute approximate surface area is 84.5 Å². The zero-order valence-electron chi connectivity index (χ0n) is 7.03. The normalized spacial score (nSPS) is 12.2. The zero-order valence-corrected chi connectivity index (χ0v) is 8.61. The maximum atomic E-state index is 10.9. The molecule has 0 aliphatic heterocycles. The molecular weight excluding hydrogens is 236 g/mol. The molecule has 1 atom stereocenters. The summed E-state index contributed by atoms with van der Waals surface area (Å²) in [4.78, 5) is 10.9. The zero-order chi connectivity index (χ0) is 9.84. The van der Waals surface area contributed by atoms with Crippen LogP contribution in [0.25, 0.3) is 0 Å². The summed E-state index contributed by atoms with van der Waals surface area (Å²) in [6.45, 7) is 0. The number of esters is 1. The molecule has 0 fully saturated rings. The van der Waals surface area contributed by atoms with Gasteiger partial charge in [-0.25, -0.2) is 4.79 Å². The number of methoxy groups -OCH3 is 1. The van der Waals surface area contributed by atoms with E-state index in [1.54, 1.807) is 18.2 Å². The first-order chi connectivity index (χ1) is 6.15. The molecule has 0 heterocycles. The van der Waals surface area contributed by atoms with Crippen LogP contribution >= 0.6 is 15.9 Å². The number of ether oxygens (including phenoxy) is 1. The molecule has 0 saturated carbocycles. The molecule has 3 nitrogen and oxygen atoms in total. The molecule has 0 unspecified atom stereocenters. The summed E-state index contributed by atoms with van der Waals surface area (Å²) in [6.07, 6.45) is -1.21. The largest absolute Gasteiger partial charge is 0.467 e. The Kier molecular flexibility index (Phi) is 3.45. The van der Waals surface area contributed by atoms with Crippen molar-refractivity contribution in [1.29, 1.82) is 0 Å². The Balaban J connectivity index is 2.88. The predicted octanol–water partition coefficient (Wildman–Crippen LogP) is 1.66. The van der Waals surface area contributed by atoms with Gasteiger partial charge in [0.25, 0.3) is 0 Å².